The zero-order valence-electron chi connectivity index (χ0n) is 19.0. The van der Waals surface area contributed by atoms with Crippen molar-refractivity contribution in [3.05, 3.63) is 83.6 Å². The number of likely N-dealkylation sites (tertiary alicyclic amines) is 1. The number of hydrogen-bond donors (Lipinski definition) is 2. The maximum absolute atomic E-state index is 12.9. The number of fused-ring (bicyclic) bond motifs is 3. The lowest BCUT2D eigenvalue weighted by Gasteiger charge is -2.30. The SMILES string of the molecule is O=C(Nc1cccc(C(=O)N2CCC[C@@H](C(=O)O)C2)n1)OCC1c2ccccc2-c2ccccc21. The van der Waals surface area contributed by atoms with Gasteiger partial charge >= 0.3 is 12.1 Å². The van der Waals surface area contributed by atoms with Crippen LogP contribution < -0.4 is 5.32 Å². The number of benzene rings is 2. The van der Waals surface area contributed by atoms with Gasteiger partial charge in [0.1, 0.15) is 18.1 Å². The second kappa shape index (κ2) is 9.58. The molecule has 2 aliphatic rings. The summed E-state index contributed by atoms with van der Waals surface area (Å²) in [7, 11) is 0. The van der Waals surface area contributed by atoms with Gasteiger partial charge in [-0.05, 0) is 47.2 Å². The molecule has 1 aliphatic carbocycles. The number of carboxylic acids is 1. The third-order valence-corrected chi connectivity index (χ3v) is 6.60. The van der Waals surface area contributed by atoms with Gasteiger partial charge in [0.2, 0.25) is 0 Å². The Morgan fingerprint density at radius 1 is 0.971 bits per heavy atom. The maximum atomic E-state index is 12.9. The summed E-state index contributed by atoms with van der Waals surface area (Å²) in [6.45, 7) is 0.803. The second-order valence-corrected chi connectivity index (χ2v) is 8.79. The molecule has 0 radical (unpaired) electrons. The van der Waals surface area contributed by atoms with E-state index in [1.165, 1.54) is 4.90 Å². The molecule has 1 saturated heterocycles. The van der Waals surface area contributed by atoms with Crippen molar-refractivity contribution in [1.29, 1.82) is 0 Å². The number of pyridine rings is 1. The maximum Gasteiger partial charge on any atom is 0.412 e. The van der Waals surface area contributed by atoms with Gasteiger partial charge < -0.3 is 14.7 Å². The Bertz CT molecular complexity index is 1250. The molecule has 178 valence electrons. The predicted molar refractivity (Wildman–Crippen MR) is 129 cm³/mol. The zero-order valence-corrected chi connectivity index (χ0v) is 19.0. The Morgan fingerprint density at radius 2 is 1.66 bits per heavy atom. The molecule has 2 amide bonds. The van der Waals surface area contributed by atoms with Crippen LogP contribution in [-0.4, -0.2) is 52.7 Å². The summed E-state index contributed by atoms with van der Waals surface area (Å²) in [6, 6.07) is 20.9. The summed E-state index contributed by atoms with van der Waals surface area (Å²) >= 11 is 0. The summed E-state index contributed by atoms with van der Waals surface area (Å²) < 4.78 is 5.55. The van der Waals surface area contributed by atoms with Gasteiger partial charge in [0, 0.05) is 19.0 Å². The number of anilines is 1. The molecule has 1 aromatic heterocycles. The third kappa shape index (κ3) is 4.59. The van der Waals surface area contributed by atoms with E-state index in [-0.39, 0.29) is 36.5 Å². The number of nitrogens with one attached hydrogen (secondary N) is 1. The normalized spacial score (nSPS) is 16.8. The lowest BCUT2D eigenvalue weighted by atomic mass is 9.98. The van der Waals surface area contributed by atoms with Gasteiger partial charge in [0.15, 0.2) is 0 Å². The molecule has 1 aliphatic heterocycles. The topological polar surface area (TPSA) is 109 Å². The van der Waals surface area contributed by atoms with Crippen LogP contribution in [0.2, 0.25) is 0 Å². The number of amides is 2. The zero-order chi connectivity index (χ0) is 24.4. The fourth-order valence-corrected chi connectivity index (χ4v) is 4.89. The number of piperidine rings is 1. The molecular formula is C27H25N3O5. The summed E-state index contributed by atoms with van der Waals surface area (Å²) in [4.78, 5) is 42.5. The average molecular weight is 472 g/mol. The number of hydrogen-bond acceptors (Lipinski definition) is 5. The average Bonchev–Trinajstić information content (AvgIpc) is 3.21. The first-order chi connectivity index (χ1) is 17.0. The Balaban J connectivity index is 1.23. The van der Waals surface area contributed by atoms with Crippen LogP contribution in [0.3, 0.4) is 0 Å². The molecule has 8 heteroatoms. The Morgan fingerprint density at radius 3 is 2.34 bits per heavy atom. The van der Waals surface area contributed by atoms with Crippen molar-refractivity contribution in [1.82, 2.24) is 9.88 Å². The minimum Gasteiger partial charge on any atom is -0.481 e. The van der Waals surface area contributed by atoms with Gasteiger partial charge in [0.05, 0.1) is 5.92 Å². The van der Waals surface area contributed by atoms with Crippen LogP contribution in [0.25, 0.3) is 11.1 Å². The number of ether oxygens (including phenoxy) is 1. The number of rotatable bonds is 5. The van der Waals surface area contributed by atoms with Crippen molar-refractivity contribution in [2.24, 2.45) is 5.92 Å². The lowest BCUT2D eigenvalue weighted by molar-refractivity contribution is -0.143. The minimum atomic E-state index is -0.902. The van der Waals surface area contributed by atoms with Crippen molar-refractivity contribution < 1.29 is 24.2 Å². The van der Waals surface area contributed by atoms with Crippen LogP contribution in [0.15, 0.2) is 66.7 Å². The van der Waals surface area contributed by atoms with Crippen molar-refractivity contribution in [2.45, 2.75) is 18.8 Å². The predicted octanol–water partition coefficient (Wildman–Crippen LogP) is 4.38. The molecule has 5 rings (SSSR count). The number of nitrogens with zero attached hydrogens (tertiary/aromatic N) is 2. The van der Waals surface area contributed by atoms with Crippen LogP contribution in [0.1, 0.15) is 40.4 Å². The molecular weight excluding hydrogens is 446 g/mol. The Hall–Kier alpha value is -4.20. The van der Waals surface area contributed by atoms with E-state index in [2.05, 4.69) is 22.4 Å². The first-order valence-corrected chi connectivity index (χ1v) is 11.6. The van der Waals surface area contributed by atoms with Crippen LogP contribution in [-0.2, 0) is 9.53 Å². The molecule has 1 fully saturated rings. The number of carboxylic acid groups (broad SMARTS) is 1. The van der Waals surface area contributed by atoms with E-state index in [0.717, 1.165) is 22.3 Å². The van der Waals surface area contributed by atoms with Gasteiger partial charge in [-0.3, -0.25) is 14.9 Å². The van der Waals surface area contributed by atoms with Crippen molar-refractivity contribution in [3.8, 4) is 11.1 Å². The first-order valence-electron chi connectivity index (χ1n) is 11.6. The van der Waals surface area contributed by atoms with Gasteiger partial charge in [-0.1, -0.05) is 54.6 Å². The largest absolute Gasteiger partial charge is 0.481 e. The number of aliphatic carboxylic acids is 1. The monoisotopic (exact) mass is 471 g/mol. The van der Waals surface area contributed by atoms with Gasteiger partial charge in [-0.2, -0.15) is 0 Å². The van der Waals surface area contributed by atoms with E-state index in [1.54, 1.807) is 18.2 Å². The van der Waals surface area contributed by atoms with Crippen LogP contribution in [0.4, 0.5) is 10.6 Å². The van der Waals surface area contributed by atoms with Crippen molar-refractivity contribution in [3.63, 3.8) is 0 Å². The van der Waals surface area contributed by atoms with E-state index in [9.17, 15) is 19.5 Å². The second-order valence-electron chi connectivity index (χ2n) is 8.79. The first kappa shape index (κ1) is 22.6. The van der Waals surface area contributed by atoms with E-state index < -0.39 is 18.0 Å². The summed E-state index contributed by atoms with van der Waals surface area (Å²) in [5, 5.41) is 11.9. The molecule has 1 atom stereocenters. The highest BCUT2D eigenvalue weighted by molar-refractivity contribution is 5.93. The number of carbonyl (C=O) groups is 3. The highest BCUT2D eigenvalue weighted by Crippen LogP contribution is 2.44. The molecule has 0 unspecified atom stereocenters. The van der Waals surface area contributed by atoms with Gasteiger partial charge in [0.25, 0.3) is 5.91 Å². The van der Waals surface area contributed by atoms with E-state index >= 15 is 0 Å². The number of aromatic nitrogens is 1. The van der Waals surface area contributed by atoms with Crippen LogP contribution in [0, 0.1) is 5.92 Å². The fourth-order valence-electron chi connectivity index (χ4n) is 4.89. The molecule has 3 aromatic rings. The van der Waals surface area contributed by atoms with Crippen molar-refractivity contribution in [2.75, 3.05) is 25.0 Å². The molecule has 8 nitrogen and oxygen atoms in total. The number of carbonyl (C=O) groups excluding carboxylic acids is 2. The van der Waals surface area contributed by atoms with Crippen LogP contribution in [0.5, 0.6) is 0 Å². The third-order valence-electron chi connectivity index (χ3n) is 6.60. The standard InChI is InChI=1S/C27H25N3O5/c31-25(30-14-6-7-17(15-30)26(32)33)23-12-5-13-24(28-23)29-27(34)35-16-22-20-10-3-1-8-18(20)19-9-2-4-11-21(19)22/h1-5,8-13,17,22H,6-7,14-16H2,(H,32,33)(H,28,29,34)/t17-/m1/s1. The van der Waals surface area contributed by atoms with E-state index in [1.807, 2.05) is 36.4 Å². The van der Waals surface area contributed by atoms with Crippen LogP contribution >= 0.6 is 0 Å². The molecule has 2 heterocycles. The summed E-state index contributed by atoms with van der Waals surface area (Å²) in [5.74, 6) is -1.70. The van der Waals surface area contributed by atoms with Crippen molar-refractivity contribution >= 4 is 23.8 Å². The fraction of sp³-hybridized carbons (Fsp3) is 0.259. The lowest BCUT2D eigenvalue weighted by Crippen LogP contribution is -2.42. The summed E-state index contributed by atoms with van der Waals surface area (Å²) in [6.07, 6.45) is 0.518. The highest BCUT2D eigenvalue weighted by Gasteiger charge is 2.30. The molecule has 2 aromatic carbocycles. The Labute approximate surface area is 202 Å². The van der Waals surface area contributed by atoms with E-state index in [0.29, 0.717) is 19.4 Å². The Kier molecular flexibility index (Phi) is 6.18. The minimum absolute atomic E-state index is 0.0599. The molecule has 0 spiro atoms. The van der Waals surface area contributed by atoms with E-state index in [4.69, 9.17) is 4.74 Å². The molecule has 0 saturated carbocycles. The highest BCUT2D eigenvalue weighted by atomic mass is 16.5. The summed E-state index contributed by atoms with van der Waals surface area (Å²) in [5.41, 5.74) is 4.68. The van der Waals surface area contributed by atoms with Gasteiger partial charge in [-0.15, -0.1) is 0 Å². The van der Waals surface area contributed by atoms with Gasteiger partial charge in [-0.25, -0.2) is 9.78 Å². The molecule has 0 bridgehead atoms. The molecule has 2 N–H and O–H groups in total. The molecule has 35 heavy (non-hydrogen) atoms. The quantitative estimate of drug-likeness (QED) is 0.572. The smallest absolute Gasteiger partial charge is 0.412 e.